The Morgan fingerprint density at radius 1 is 1.06 bits per heavy atom. The maximum Gasteiger partial charge on any atom is 0.178 e. The van der Waals surface area contributed by atoms with E-state index >= 15 is 0 Å². The van der Waals surface area contributed by atoms with Gasteiger partial charge in [0.2, 0.25) is 0 Å². The summed E-state index contributed by atoms with van der Waals surface area (Å²) in [6.45, 7) is 4.36. The molecule has 0 N–H and O–H groups in total. The second kappa shape index (κ2) is 12.2. The summed E-state index contributed by atoms with van der Waals surface area (Å²) in [7, 11) is 0. The van der Waals surface area contributed by atoms with Crippen molar-refractivity contribution in [2.45, 2.75) is 65.2 Å². The average Bonchev–Trinajstić information content (AvgIpc) is 2.28. The molecule has 0 aromatic carbocycles. The number of carbonyl (C=O) groups is 1. The zero-order chi connectivity index (χ0) is 12.1. The second-order valence-corrected chi connectivity index (χ2v) is 4.11. The quantitative estimate of drug-likeness (QED) is 0.388. The van der Waals surface area contributed by atoms with Gasteiger partial charge >= 0.3 is 0 Å². The summed E-state index contributed by atoms with van der Waals surface area (Å²) < 4.78 is 0. The number of hydrogen-bond acceptors (Lipinski definition) is 1. The predicted octanol–water partition coefficient (Wildman–Crippen LogP) is 4.63. The first-order valence-corrected chi connectivity index (χ1v) is 6.58. The maximum absolute atomic E-state index is 11.3. The Labute approximate surface area is 101 Å². The summed E-state index contributed by atoms with van der Waals surface area (Å²) >= 11 is 0. The second-order valence-electron chi connectivity index (χ2n) is 4.11. The van der Waals surface area contributed by atoms with Gasteiger partial charge in [-0.25, -0.2) is 0 Å². The minimum Gasteiger partial charge on any atom is -0.290 e. The smallest absolute Gasteiger partial charge is 0.178 e. The van der Waals surface area contributed by atoms with Crippen LogP contribution in [0.15, 0.2) is 18.2 Å². The number of carbonyl (C=O) groups excluding carboxylic acids is 1. The van der Waals surface area contributed by atoms with Gasteiger partial charge in [0.05, 0.1) is 0 Å². The molecule has 0 spiro atoms. The molecule has 1 heteroatoms. The highest BCUT2D eigenvalue weighted by Gasteiger charge is 1.89. The van der Waals surface area contributed by atoms with E-state index in [0.717, 1.165) is 19.3 Å². The van der Waals surface area contributed by atoms with E-state index in [1.54, 1.807) is 12.2 Å². The van der Waals surface area contributed by atoms with Crippen molar-refractivity contribution in [1.29, 1.82) is 0 Å². The van der Waals surface area contributed by atoms with Gasteiger partial charge in [0.25, 0.3) is 0 Å². The highest BCUT2D eigenvalue weighted by atomic mass is 16.1. The van der Waals surface area contributed by atoms with Crippen molar-refractivity contribution in [3.8, 4) is 0 Å². The van der Waals surface area contributed by atoms with Crippen molar-refractivity contribution >= 4 is 5.78 Å². The van der Waals surface area contributed by atoms with E-state index in [-0.39, 0.29) is 5.78 Å². The van der Waals surface area contributed by atoms with Crippen molar-refractivity contribution in [1.82, 2.24) is 0 Å². The number of ketones is 1. The van der Waals surface area contributed by atoms with Crippen LogP contribution in [0.5, 0.6) is 0 Å². The number of allylic oxidation sites excluding steroid dienone is 4. The standard InChI is InChI=1S/C15H25O/c1-3-5-7-9-11-13-15(16)14-12-10-8-6-4-2/h11,13-14H,3-10H2,1-2H3. The molecule has 0 rings (SSSR count). The summed E-state index contributed by atoms with van der Waals surface area (Å²) in [6, 6.07) is 0. The molecule has 0 amide bonds. The van der Waals surface area contributed by atoms with Crippen LogP contribution in [0.25, 0.3) is 0 Å². The topological polar surface area (TPSA) is 17.1 Å². The third-order valence-corrected chi connectivity index (χ3v) is 2.43. The maximum atomic E-state index is 11.3. The average molecular weight is 221 g/mol. The molecule has 0 aromatic rings. The van der Waals surface area contributed by atoms with E-state index in [1.165, 1.54) is 32.1 Å². The van der Waals surface area contributed by atoms with Crippen molar-refractivity contribution in [2.24, 2.45) is 0 Å². The molecule has 91 valence electrons. The van der Waals surface area contributed by atoms with E-state index in [4.69, 9.17) is 0 Å². The minimum atomic E-state index is 0.0768. The fourth-order valence-corrected chi connectivity index (χ4v) is 1.41. The van der Waals surface area contributed by atoms with E-state index in [0.29, 0.717) is 0 Å². The first-order valence-electron chi connectivity index (χ1n) is 6.58. The fourth-order valence-electron chi connectivity index (χ4n) is 1.41. The Hall–Kier alpha value is -0.850. The van der Waals surface area contributed by atoms with Crippen molar-refractivity contribution in [3.63, 3.8) is 0 Å². The summed E-state index contributed by atoms with van der Waals surface area (Å²) in [5.41, 5.74) is 0. The Morgan fingerprint density at radius 3 is 2.44 bits per heavy atom. The van der Waals surface area contributed by atoms with Crippen LogP contribution >= 0.6 is 0 Å². The first-order chi connectivity index (χ1) is 7.81. The van der Waals surface area contributed by atoms with Gasteiger partial charge in [0.15, 0.2) is 5.78 Å². The number of hydrogen-bond donors (Lipinski definition) is 0. The molecule has 1 nitrogen and oxygen atoms in total. The van der Waals surface area contributed by atoms with Crippen molar-refractivity contribution in [3.05, 3.63) is 24.3 Å². The molecule has 0 fully saturated rings. The van der Waals surface area contributed by atoms with Gasteiger partial charge in [-0.15, -0.1) is 0 Å². The Kier molecular flexibility index (Phi) is 11.6. The molecule has 0 saturated heterocycles. The summed E-state index contributed by atoms with van der Waals surface area (Å²) in [5, 5.41) is 0. The first kappa shape index (κ1) is 15.2. The third-order valence-electron chi connectivity index (χ3n) is 2.43. The Balaban J connectivity index is 3.48. The number of unbranched alkanes of at least 4 members (excludes halogenated alkanes) is 6. The van der Waals surface area contributed by atoms with Crippen LogP contribution in [0.4, 0.5) is 0 Å². The molecular formula is C15H25O. The zero-order valence-corrected chi connectivity index (χ0v) is 10.8. The highest BCUT2D eigenvalue weighted by molar-refractivity contribution is 5.98. The van der Waals surface area contributed by atoms with Crippen LogP contribution in [-0.4, -0.2) is 5.78 Å². The van der Waals surface area contributed by atoms with Gasteiger partial charge in [0, 0.05) is 0 Å². The lowest BCUT2D eigenvalue weighted by molar-refractivity contribution is -0.110. The van der Waals surface area contributed by atoms with Crippen LogP contribution in [-0.2, 0) is 4.79 Å². The van der Waals surface area contributed by atoms with E-state index < -0.39 is 0 Å². The third kappa shape index (κ3) is 11.2. The molecule has 0 saturated carbocycles. The van der Waals surface area contributed by atoms with Gasteiger partial charge in [-0.05, 0) is 43.9 Å². The Morgan fingerprint density at radius 2 is 1.75 bits per heavy atom. The predicted molar refractivity (Wildman–Crippen MR) is 70.2 cm³/mol. The summed E-state index contributed by atoms with van der Waals surface area (Å²) in [5.74, 6) is 0.0768. The van der Waals surface area contributed by atoms with E-state index in [2.05, 4.69) is 19.9 Å². The zero-order valence-electron chi connectivity index (χ0n) is 10.8. The van der Waals surface area contributed by atoms with Gasteiger partial charge in [-0.3, -0.25) is 4.79 Å². The molecular weight excluding hydrogens is 196 g/mol. The van der Waals surface area contributed by atoms with E-state index in [1.807, 2.05) is 6.08 Å². The number of rotatable bonds is 10. The molecule has 16 heavy (non-hydrogen) atoms. The normalized spacial score (nSPS) is 11.6. The minimum absolute atomic E-state index is 0.0768. The highest BCUT2D eigenvalue weighted by Crippen LogP contribution is 2.01. The van der Waals surface area contributed by atoms with Gasteiger partial charge in [-0.2, -0.15) is 0 Å². The van der Waals surface area contributed by atoms with Crippen LogP contribution in [0.1, 0.15) is 65.2 Å². The van der Waals surface area contributed by atoms with Crippen LogP contribution in [0.3, 0.4) is 0 Å². The molecule has 0 unspecified atom stereocenters. The monoisotopic (exact) mass is 221 g/mol. The fraction of sp³-hybridized carbons (Fsp3) is 0.667. The molecule has 0 aliphatic carbocycles. The summed E-state index contributed by atoms with van der Waals surface area (Å²) in [6.07, 6.45) is 17.4. The molecule has 0 aliphatic rings. The van der Waals surface area contributed by atoms with Gasteiger partial charge in [-0.1, -0.05) is 45.6 Å². The molecule has 0 bridgehead atoms. The summed E-state index contributed by atoms with van der Waals surface area (Å²) in [4.78, 5) is 11.3. The van der Waals surface area contributed by atoms with E-state index in [9.17, 15) is 4.79 Å². The van der Waals surface area contributed by atoms with Crippen LogP contribution in [0, 0.1) is 6.08 Å². The van der Waals surface area contributed by atoms with Crippen molar-refractivity contribution in [2.75, 3.05) is 0 Å². The molecule has 0 aliphatic heterocycles. The van der Waals surface area contributed by atoms with Crippen LogP contribution in [0.2, 0.25) is 0 Å². The SMILES string of the molecule is CCCCC/[C]=C/C(=O)C=CCCCCC. The largest absolute Gasteiger partial charge is 0.290 e. The lowest BCUT2D eigenvalue weighted by atomic mass is 10.1. The molecule has 0 aromatic heterocycles. The lowest BCUT2D eigenvalue weighted by Crippen LogP contribution is -1.85. The lowest BCUT2D eigenvalue weighted by Gasteiger charge is -1.91. The molecule has 0 heterocycles. The Bertz CT molecular complexity index is 191. The molecule has 0 atom stereocenters. The molecule has 1 radical (unpaired) electrons. The van der Waals surface area contributed by atoms with Crippen molar-refractivity contribution < 1.29 is 4.79 Å². The van der Waals surface area contributed by atoms with Gasteiger partial charge < -0.3 is 0 Å². The van der Waals surface area contributed by atoms with Crippen LogP contribution < -0.4 is 0 Å². The van der Waals surface area contributed by atoms with Gasteiger partial charge in [0.1, 0.15) is 0 Å².